The number of nitrogens with zero attached hydrogens (tertiary/aromatic N) is 3. The number of carbonyl (C=O) groups is 2. The van der Waals surface area contributed by atoms with E-state index in [0.29, 0.717) is 5.56 Å². The van der Waals surface area contributed by atoms with E-state index in [-0.39, 0.29) is 31.7 Å². The molecule has 2 rings (SSSR count). The zero-order chi connectivity index (χ0) is 17.2. The van der Waals surface area contributed by atoms with E-state index in [1.54, 1.807) is 13.2 Å². The van der Waals surface area contributed by atoms with Crippen LogP contribution in [0, 0.1) is 0 Å². The van der Waals surface area contributed by atoms with E-state index >= 15 is 0 Å². The molecule has 1 aromatic rings. The Morgan fingerprint density at radius 2 is 2.09 bits per heavy atom. The minimum absolute atomic E-state index is 0.136. The summed E-state index contributed by atoms with van der Waals surface area (Å²) in [4.78, 5) is 24.3. The molecule has 1 aliphatic rings. The van der Waals surface area contributed by atoms with Gasteiger partial charge in [-0.1, -0.05) is 0 Å². The lowest BCUT2D eigenvalue weighted by Gasteiger charge is -2.40. The lowest BCUT2D eigenvalue weighted by Crippen LogP contribution is -2.58. The van der Waals surface area contributed by atoms with Crippen molar-refractivity contribution in [3.05, 3.63) is 18.0 Å². The third-order valence-electron chi connectivity index (χ3n) is 3.80. The van der Waals surface area contributed by atoms with Gasteiger partial charge in [-0.15, -0.1) is 0 Å². The molecule has 6 nitrogen and oxygen atoms in total. The number of hydrogen-bond acceptors (Lipinski definition) is 3. The summed E-state index contributed by atoms with van der Waals surface area (Å²) in [5.41, 5.74) is 0.556. The van der Waals surface area contributed by atoms with Crippen molar-refractivity contribution in [2.75, 3.05) is 6.54 Å². The molecular weight excluding hydrogens is 313 g/mol. The summed E-state index contributed by atoms with van der Waals surface area (Å²) in [6.07, 6.45) is -1.60. The van der Waals surface area contributed by atoms with E-state index in [4.69, 9.17) is 0 Å². The van der Waals surface area contributed by atoms with Crippen LogP contribution in [0.2, 0.25) is 0 Å². The minimum Gasteiger partial charge on any atom is -0.352 e. The average Bonchev–Trinajstić information content (AvgIpc) is 2.82. The maximum atomic E-state index is 13.2. The molecule has 23 heavy (non-hydrogen) atoms. The fourth-order valence-electron chi connectivity index (χ4n) is 2.83. The summed E-state index contributed by atoms with van der Waals surface area (Å²) in [5, 5.41) is 6.49. The van der Waals surface area contributed by atoms with Crippen molar-refractivity contribution in [3.8, 4) is 0 Å². The van der Waals surface area contributed by atoms with Crippen molar-refractivity contribution in [2.24, 2.45) is 7.05 Å². The van der Waals surface area contributed by atoms with Crippen LogP contribution in [0.5, 0.6) is 0 Å². The first-order chi connectivity index (χ1) is 10.7. The van der Waals surface area contributed by atoms with Crippen LogP contribution in [0.25, 0.3) is 0 Å². The molecule has 0 radical (unpaired) electrons. The minimum atomic E-state index is -4.48. The van der Waals surface area contributed by atoms with Crippen LogP contribution in [0.1, 0.15) is 25.3 Å². The largest absolute Gasteiger partial charge is 0.408 e. The van der Waals surface area contributed by atoms with Gasteiger partial charge in [-0.3, -0.25) is 14.3 Å². The molecule has 1 aromatic heterocycles. The van der Waals surface area contributed by atoms with Gasteiger partial charge in [0.05, 0.1) is 12.6 Å². The quantitative estimate of drug-likeness (QED) is 0.899. The summed E-state index contributed by atoms with van der Waals surface area (Å²) in [7, 11) is 1.67. The summed E-state index contributed by atoms with van der Waals surface area (Å²) in [6.45, 7) is 1.17. The Morgan fingerprint density at radius 1 is 1.39 bits per heavy atom. The van der Waals surface area contributed by atoms with Crippen LogP contribution in [-0.4, -0.2) is 51.3 Å². The summed E-state index contributed by atoms with van der Waals surface area (Å²) >= 11 is 0. The molecule has 2 heterocycles. The molecule has 1 fully saturated rings. The maximum absolute atomic E-state index is 13.2. The Labute approximate surface area is 131 Å². The number of likely N-dealkylation sites (tertiary alicyclic amines) is 1. The summed E-state index contributed by atoms with van der Waals surface area (Å²) in [6, 6.07) is -2.26. The molecule has 0 aromatic carbocycles. The number of nitrogens with one attached hydrogen (secondary N) is 1. The fourth-order valence-corrected chi connectivity index (χ4v) is 2.83. The zero-order valence-corrected chi connectivity index (χ0v) is 12.9. The molecule has 1 saturated heterocycles. The second-order valence-electron chi connectivity index (χ2n) is 5.78. The van der Waals surface area contributed by atoms with Gasteiger partial charge in [0.25, 0.3) is 0 Å². The fraction of sp³-hybridized carbons (Fsp3) is 0.643. The van der Waals surface area contributed by atoms with E-state index in [1.807, 2.05) is 0 Å². The molecule has 0 saturated carbocycles. The summed E-state index contributed by atoms with van der Waals surface area (Å²) in [5.74, 6) is -0.935. The number of aromatic nitrogens is 2. The van der Waals surface area contributed by atoms with E-state index in [9.17, 15) is 22.8 Å². The van der Waals surface area contributed by atoms with Crippen molar-refractivity contribution in [3.63, 3.8) is 0 Å². The first kappa shape index (κ1) is 17.3. The topological polar surface area (TPSA) is 67.2 Å². The van der Waals surface area contributed by atoms with E-state index in [2.05, 4.69) is 10.4 Å². The number of halogens is 3. The molecule has 128 valence electrons. The smallest absolute Gasteiger partial charge is 0.352 e. The van der Waals surface area contributed by atoms with E-state index in [0.717, 1.165) is 4.90 Å². The molecule has 0 unspecified atom stereocenters. The highest BCUT2D eigenvalue weighted by molar-refractivity contribution is 5.79. The number of alkyl halides is 3. The number of aryl methyl sites for hydroxylation is 1. The summed E-state index contributed by atoms with van der Waals surface area (Å²) < 4.78 is 41.0. The van der Waals surface area contributed by atoms with Crippen molar-refractivity contribution >= 4 is 11.8 Å². The van der Waals surface area contributed by atoms with Gasteiger partial charge in [0.1, 0.15) is 6.04 Å². The third-order valence-corrected chi connectivity index (χ3v) is 3.80. The number of hydrogen-bond donors (Lipinski definition) is 1. The Morgan fingerprint density at radius 3 is 2.61 bits per heavy atom. The van der Waals surface area contributed by atoms with Gasteiger partial charge >= 0.3 is 6.18 Å². The van der Waals surface area contributed by atoms with Gasteiger partial charge in [-0.05, 0) is 18.4 Å². The highest BCUT2D eigenvalue weighted by atomic mass is 19.4. The molecular formula is C14H19F3N4O2. The van der Waals surface area contributed by atoms with Crippen LogP contribution in [0.15, 0.2) is 12.4 Å². The average molecular weight is 332 g/mol. The number of carbonyl (C=O) groups excluding carboxylic acids is 2. The molecule has 1 N–H and O–H groups in total. The van der Waals surface area contributed by atoms with E-state index in [1.165, 1.54) is 17.8 Å². The van der Waals surface area contributed by atoms with Crippen LogP contribution >= 0.6 is 0 Å². The molecule has 0 bridgehead atoms. The second-order valence-corrected chi connectivity index (χ2v) is 5.78. The lowest BCUT2D eigenvalue weighted by molar-refractivity contribution is -0.197. The van der Waals surface area contributed by atoms with Gasteiger partial charge in [-0.25, -0.2) is 0 Å². The van der Waals surface area contributed by atoms with Crippen LogP contribution in [-0.2, 0) is 23.1 Å². The van der Waals surface area contributed by atoms with Gasteiger partial charge < -0.3 is 10.2 Å². The highest BCUT2D eigenvalue weighted by Gasteiger charge is 2.48. The zero-order valence-electron chi connectivity index (χ0n) is 12.9. The Balaban J connectivity index is 2.13. The maximum Gasteiger partial charge on any atom is 0.408 e. The standard InChI is InChI=1S/C14H19F3N4O2/c1-9(22)19-11-3-4-12(14(15,16)17)21(8-11)13(23)5-10-6-18-20(2)7-10/h6-7,11-12H,3-5,8H2,1-2H3,(H,19,22)/t11-,12+/m0/s1. The molecule has 0 spiro atoms. The predicted octanol–water partition coefficient (Wildman–Crippen LogP) is 1.02. The SMILES string of the molecule is CC(=O)N[C@H]1CC[C@H](C(F)(F)F)N(C(=O)Cc2cnn(C)c2)C1. The Kier molecular flexibility index (Phi) is 4.96. The Bertz CT molecular complexity index is 585. The molecule has 2 amide bonds. The van der Waals surface area contributed by atoms with E-state index < -0.39 is 24.2 Å². The van der Waals surface area contributed by atoms with Crippen LogP contribution in [0.4, 0.5) is 13.2 Å². The molecule has 1 aliphatic heterocycles. The van der Waals surface area contributed by atoms with Crippen molar-refractivity contribution < 1.29 is 22.8 Å². The van der Waals surface area contributed by atoms with Gasteiger partial charge in [0.2, 0.25) is 11.8 Å². The number of piperidine rings is 1. The monoisotopic (exact) mass is 332 g/mol. The third kappa shape index (κ3) is 4.46. The van der Waals surface area contributed by atoms with Gasteiger partial charge in [0.15, 0.2) is 0 Å². The lowest BCUT2D eigenvalue weighted by atomic mass is 9.96. The first-order valence-corrected chi connectivity index (χ1v) is 7.27. The first-order valence-electron chi connectivity index (χ1n) is 7.27. The second kappa shape index (κ2) is 6.59. The van der Waals surface area contributed by atoms with Crippen LogP contribution in [0.3, 0.4) is 0 Å². The van der Waals surface area contributed by atoms with Crippen molar-refractivity contribution in [1.29, 1.82) is 0 Å². The molecule has 2 atom stereocenters. The predicted molar refractivity (Wildman–Crippen MR) is 75.3 cm³/mol. The van der Waals surface area contributed by atoms with Crippen molar-refractivity contribution in [1.82, 2.24) is 20.0 Å². The molecule has 9 heteroatoms. The number of rotatable bonds is 3. The van der Waals surface area contributed by atoms with Gasteiger partial charge in [-0.2, -0.15) is 18.3 Å². The normalized spacial score (nSPS) is 22.0. The van der Waals surface area contributed by atoms with Crippen LogP contribution < -0.4 is 5.32 Å². The van der Waals surface area contributed by atoms with Gasteiger partial charge in [0, 0.05) is 32.8 Å². The Hall–Kier alpha value is -2.06. The number of amides is 2. The van der Waals surface area contributed by atoms with Crippen molar-refractivity contribution in [2.45, 2.75) is 44.4 Å². The molecule has 0 aliphatic carbocycles. The highest BCUT2D eigenvalue weighted by Crippen LogP contribution is 2.32.